The molecule has 94 valence electrons. The molecule has 0 fully saturated rings. The van der Waals surface area contributed by atoms with Gasteiger partial charge in [0.1, 0.15) is 5.75 Å². The molecular weight excluding hydrogens is 287 g/mol. The zero-order valence-electron chi connectivity index (χ0n) is 12.1. The van der Waals surface area contributed by atoms with Crippen LogP contribution in [-0.2, 0) is 37.0 Å². The summed E-state index contributed by atoms with van der Waals surface area (Å²) in [5.41, 5.74) is 3.26. The summed E-state index contributed by atoms with van der Waals surface area (Å²) in [6.07, 6.45) is 0. The van der Waals surface area contributed by atoms with Crippen LogP contribution in [0.2, 0.25) is 0 Å². The number of phenols is 1. The van der Waals surface area contributed by atoms with Crippen LogP contribution < -0.4 is 0 Å². The minimum absolute atomic E-state index is 0. The first kappa shape index (κ1) is 16.9. The summed E-state index contributed by atoms with van der Waals surface area (Å²) in [4.78, 5) is 0. The molecule has 0 radical (unpaired) electrons. The van der Waals surface area contributed by atoms with Crippen LogP contribution in [0.4, 0.5) is 0 Å². The monoisotopic (exact) mass is 310 g/mol. The molecule has 1 aromatic carbocycles. The summed E-state index contributed by atoms with van der Waals surface area (Å²) in [5.74, 6) is 0.464. The van der Waals surface area contributed by atoms with Gasteiger partial charge in [0.2, 0.25) is 0 Å². The van der Waals surface area contributed by atoms with E-state index < -0.39 is 0 Å². The van der Waals surface area contributed by atoms with Gasteiger partial charge >= 0.3 is 0 Å². The van der Waals surface area contributed by atoms with Gasteiger partial charge in [-0.15, -0.1) is 0 Å². The molecule has 0 amide bonds. The summed E-state index contributed by atoms with van der Waals surface area (Å²) >= 11 is 0. The fraction of sp³-hybridized carbons (Fsp3) is 0.600. The van der Waals surface area contributed by atoms with Crippen molar-refractivity contribution in [3.8, 4) is 5.75 Å². The molecule has 17 heavy (non-hydrogen) atoms. The van der Waals surface area contributed by atoms with E-state index in [0.717, 1.165) is 11.1 Å². The maximum Gasteiger partial charge on any atom is 0.123 e. The molecule has 0 unspecified atom stereocenters. The molecule has 0 aliphatic heterocycles. The van der Waals surface area contributed by atoms with Crippen molar-refractivity contribution in [3.05, 3.63) is 28.8 Å². The molecular formula is C15H24OZr. The average Bonchev–Trinajstić information content (AvgIpc) is 2.04. The van der Waals surface area contributed by atoms with Crippen molar-refractivity contribution in [1.82, 2.24) is 0 Å². The van der Waals surface area contributed by atoms with E-state index in [1.54, 1.807) is 0 Å². The number of aromatic hydroxyl groups is 1. The zero-order valence-corrected chi connectivity index (χ0v) is 14.6. The minimum Gasteiger partial charge on any atom is -0.507 e. The molecule has 2 heteroatoms. The maximum atomic E-state index is 10.4. The molecule has 1 nitrogen and oxygen atoms in total. The maximum absolute atomic E-state index is 10.4. The summed E-state index contributed by atoms with van der Waals surface area (Å²) in [6.45, 7) is 14.9. The number of benzene rings is 1. The Hall–Kier alpha value is -0.0969. The number of phenolic OH excluding ortho intramolecular Hbond substituents is 1. The first-order valence-corrected chi connectivity index (χ1v) is 5.88. The van der Waals surface area contributed by atoms with E-state index in [1.165, 1.54) is 5.56 Å². The van der Waals surface area contributed by atoms with Crippen LogP contribution in [0, 0.1) is 6.92 Å². The van der Waals surface area contributed by atoms with E-state index >= 15 is 0 Å². The number of aryl methyl sites for hydroxylation is 1. The molecule has 1 rings (SSSR count). The van der Waals surface area contributed by atoms with Gasteiger partial charge in [-0.2, -0.15) is 0 Å². The van der Waals surface area contributed by atoms with Crippen LogP contribution in [0.3, 0.4) is 0 Å². The second-order valence-corrected chi connectivity index (χ2v) is 6.71. The van der Waals surface area contributed by atoms with Gasteiger partial charge in [0.05, 0.1) is 0 Å². The third-order valence-electron chi connectivity index (χ3n) is 2.87. The summed E-state index contributed by atoms with van der Waals surface area (Å²) < 4.78 is 0. The molecule has 1 N–H and O–H groups in total. The van der Waals surface area contributed by atoms with Crippen molar-refractivity contribution in [2.24, 2.45) is 0 Å². The van der Waals surface area contributed by atoms with Crippen LogP contribution in [0.1, 0.15) is 58.2 Å². The number of hydrogen-bond donors (Lipinski definition) is 1. The Kier molecular flexibility index (Phi) is 5.23. The summed E-state index contributed by atoms with van der Waals surface area (Å²) in [7, 11) is 0. The Morgan fingerprint density at radius 3 is 1.35 bits per heavy atom. The smallest absolute Gasteiger partial charge is 0.123 e. The quantitative estimate of drug-likeness (QED) is 0.757. The van der Waals surface area contributed by atoms with E-state index in [9.17, 15) is 5.11 Å². The molecule has 0 aliphatic carbocycles. The fourth-order valence-electron chi connectivity index (χ4n) is 1.92. The Labute approximate surface area is 125 Å². The molecule has 0 spiro atoms. The molecule has 0 bridgehead atoms. The van der Waals surface area contributed by atoms with Crippen LogP contribution in [0.15, 0.2) is 12.1 Å². The summed E-state index contributed by atoms with van der Waals surface area (Å²) in [6, 6.07) is 4.18. The molecule has 1 aromatic rings. The number of rotatable bonds is 0. The van der Waals surface area contributed by atoms with Gasteiger partial charge < -0.3 is 5.11 Å². The van der Waals surface area contributed by atoms with Crippen molar-refractivity contribution in [1.29, 1.82) is 0 Å². The van der Waals surface area contributed by atoms with Gasteiger partial charge in [0.25, 0.3) is 0 Å². The van der Waals surface area contributed by atoms with E-state index in [-0.39, 0.29) is 37.0 Å². The van der Waals surface area contributed by atoms with Crippen LogP contribution in [-0.4, -0.2) is 5.11 Å². The van der Waals surface area contributed by atoms with Gasteiger partial charge in [-0.1, -0.05) is 59.2 Å². The van der Waals surface area contributed by atoms with Crippen molar-refractivity contribution in [2.45, 2.75) is 59.3 Å². The summed E-state index contributed by atoms with van der Waals surface area (Å²) in [5, 5.41) is 10.4. The molecule has 0 heterocycles. The molecule has 0 atom stereocenters. The van der Waals surface area contributed by atoms with E-state index in [4.69, 9.17) is 0 Å². The fourth-order valence-corrected chi connectivity index (χ4v) is 1.92. The van der Waals surface area contributed by atoms with Crippen molar-refractivity contribution in [3.63, 3.8) is 0 Å². The Balaban J connectivity index is 0.00000256. The third-order valence-corrected chi connectivity index (χ3v) is 2.87. The van der Waals surface area contributed by atoms with E-state index in [1.807, 2.05) is 0 Å². The first-order valence-electron chi connectivity index (χ1n) is 5.88. The largest absolute Gasteiger partial charge is 0.507 e. The second-order valence-electron chi connectivity index (χ2n) is 6.71. The minimum atomic E-state index is -0.0178. The van der Waals surface area contributed by atoms with Gasteiger partial charge in [-0.25, -0.2) is 0 Å². The first-order chi connectivity index (χ1) is 7.03. The normalized spacial score (nSPS) is 12.2. The van der Waals surface area contributed by atoms with Crippen LogP contribution in [0.25, 0.3) is 0 Å². The van der Waals surface area contributed by atoms with E-state index in [0.29, 0.717) is 5.75 Å². The van der Waals surface area contributed by atoms with Crippen LogP contribution >= 0.6 is 0 Å². The zero-order chi connectivity index (χ0) is 12.7. The average molecular weight is 312 g/mol. The van der Waals surface area contributed by atoms with Crippen molar-refractivity contribution in [2.75, 3.05) is 0 Å². The predicted octanol–water partition coefficient (Wildman–Crippen LogP) is 4.29. The van der Waals surface area contributed by atoms with Crippen molar-refractivity contribution >= 4 is 0 Å². The van der Waals surface area contributed by atoms with Gasteiger partial charge in [0, 0.05) is 26.2 Å². The number of hydrogen-bond acceptors (Lipinski definition) is 1. The Bertz CT molecular complexity index is 359. The van der Waals surface area contributed by atoms with Crippen molar-refractivity contribution < 1.29 is 31.3 Å². The molecule has 0 aliphatic rings. The Morgan fingerprint density at radius 2 is 1.12 bits per heavy atom. The van der Waals surface area contributed by atoms with E-state index in [2.05, 4.69) is 60.6 Å². The third kappa shape index (κ3) is 3.95. The second kappa shape index (κ2) is 5.26. The SMILES string of the molecule is Cc1cc(C(C)(C)C)c(O)c(C(C)(C)C)c1.[Zr]. The topological polar surface area (TPSA) is 20.2 Å². The van der Waals surface area contributed by atoms with Crippen LogP contribution in [0.5, 0.6) is 5.75 Å². The predicted molar refractivity (Wildman–Crippen MR) is 70.2 cm³/mol. The van der Waals surface area contributed by atoms with Gasteiger partial charge in [-0.05, 0) is 28.9 Å². The molecule has 0 saturated carbocycles. The molecule has 0 saturated heterocycles. The molecule has 0 aromatic heterocycles. The Morgan fingerprint density at radius 1 is 0.824 bits per heavy atom. The van der Waals surface area contributed by atoms with Gasteiger partial charge in [-0.3, -0.25) is 0 Å². The van der Waals surface area contributed by atoms with Gasteiger partial charge in [0.15, 0.2) is 0 Å². The standard InChI is InChI=1S/C15H24O.Zr/c1-10-8-11(14(2,3)4)13(16)12(9-10)15(5,6)7;/h8-9,16H,1-7H3;.